The van der Waals surface area contributed by atoms with Gasteiger partial charge < -0.3 is 5.32 Å². The van der Waals surface area contributed by atoms with Crippen LogP contribution in [-0.4, -0.2) is 27.9 Å². The molecule has 0 fully saturated rings. The van der Waals surface area contributed by atoms with Crippen molar-refractivity contribution in [1.82, 2.24) is 20.5 Å². The fraction of sp³-hybridized carbons (Fsp3) is 0.429. The molecule has 1 aromatic heterocycles. The highest BCUT2D eigenvalue weighted by molar-refractivity contribution is 5.19. The summed E-state index contributed by atoms with van der Waals surface area (Å²) in [4.78, 5) is 3.98. The monoisotopic (exact) mass is 298 g/mol. The molecule has 0 bridgehead atoms. The van der Waals surface area contributed by atoms with Crippen LogP contribution in [0.15, 0.2) is 36.7 Å². The van der Waals surface area contributed by atoms with Gasteiger partial charge in [0.15, 0.2) is 0 Å². The predicted octanol–water partition coefficient (Wildman–Crippen LogP) is 3.02. The molecule has 0 aliphatic carbocycles. The van der Waals surface area contributed by atoms with E-state index in [9.17, 15) is 13.2 Å². The third-order valence-corrected chi connectivity index (χ3v) is 3.08. The summed E-state index contributed by atoms with van der Waals surface area (Å²) in [6.07, 6.45) is -2.31. The van der Waals surface area contributed by atoms with Crippen LogP contribution in [0.3, 0.4) is 0 Å². The third kappa shape index (κ3) is 5.55. The van der Waals surface area contributed by atoms with E-state index >= 15 is 0 Å². The first-order valence-electron chi connectivity index (χ1n) is 6.74. The number of hydrogen-bond donors (Lipinski definition) is 2. The van der Waals surface area contributed by atoms with Gasteiger partial charge in [-0.15, -0.1) is 0 Å². The highest BCUT2D eigenvalue weighted by atomic mass is 19.4. The Balaban J connectivity index is 1.87. The van der Waals surface area contributed by atoms with E-state index in [0.29, 0.717) is 24.9 Å². The fourth-order valence-corrected chi connectivity index (χ4v) is 2.11. The first kappa shape index (κ1) is 15.5. The number of benzene rings is 1. The normalized spacial score (nSPS) is 13.3. The molecule has 0 aliphatic rings. The van der Waals surface area contributed by atoms with E-state index in [1.807, 2.05) is 0 Å². The summed E-state index contributed by atoms with van der Waals surface area (Å²) < 4.78 is 38.0. The Morgan fingerprint density at radius 2 is 1.95 bits per heavy atom. The molecule has 2 aromatic rings. The lowest BCUT2D eigenvalue weighted by Crippen LogP contribution is -2.27. The van der Waals surface area contributed by atoms with Gasteiger partial charge in [0.05, 0.1) is 6.42 Å². The van der Waals surface area contributed by atoms with Gasteiger partial charge in [0.2, 0.25) is 0 Å². The van der Waals surface area contributed by atoms with E-state index in [-0.39, 0.29) is 0 Å². The molecule has 21 heavy (non-hydrogen) atoms. The van der Waals surface area contributed by atoms with E-state index in [1.54, 1.807) is 30.3 Å². The van der Waals surface area contributed by atoms with Gasteiger partial charge in [0.1, 0.15) is 12.2 Å². The molecule has 2 rings (SSSR count). The number of aromatic amines is 1. The lowest BCUT2D eigenvalue weighted by molar-refractivity contribution is -0.140. The van der Waals surface area contributed by atoms with Crippen molar-refractivity contribution in [2.75, 3.05) is 6.54 Å². The van der Waals surface area contributed by atoms with Crippen molar-refractivity contribution in [2.45, 2.75) is 31.5 Å². The largest absolute Gasteiger partial charge is 0.390 e. The van der Waals surface area contributed by atoms with Gasteiger partial charge in [0.25, 0.3) is 0 Å². The predicted molar refractivity (Wildman–Crippen MR) is 72.6 cm³/mol. The van der Waals surface area contributed by atoms with E-state index in [2.05, 4.69) is 20.5 Å². The second-order valence-electron chi connectivity index (χ2n) is 4.77. The second-order valence-corrected chi connectivity index (χ2v) is 4.77. The van der Waals surface area contributed by atoms with Gasteiger partial charge in [-0.3, -0.25) is 5.10 Å². The number of alkyl halides is 3. The highest BCUT2D eigenvalue weighted by Crippen LogP contribution is 2.29. The van der Waals surface area contributed by atoms with Crippen molar-refractivity contribution in [1.29, 1.82) is 0 Å². The minimum Gasteiger partial charge on any atom is -0.310 e. The lowest BCUT2D eigenvalue weighted by atomic mass is 10.0. The molecule has 4 nitrogen and oxygen atoms in total. The number of nitrogens with zero attached hydrogens (tertiary/aromatic N) is 2. The van der Waals surface area contributed by atoms with Crippen molar-refractivity contribution in [2.24, 2.45) is 0 Å². The third-order valence-electron chi connectivity index (χ3n) is 3.08. The Morgan fingerprint density at radius 3 is 2.57 bits per heavy atom. The number of halogens is 3. The molecule has 0 amide bonds. The average Bonchev–Trinajstić information content (AvgIpc) is 2.95. The van der Waals surface area contributed by atoms with Crippen LogP contribution in [0.2, 0.25) is 0 Å². The minimum absolute atomic E-state index is 0.482. The van der Waals surface area contributed by atoms with Gasteiger partial charge in [0, 0.05) is 12.5 Å². The van der Waals surface area contributed by atoms with Crippen LogP contribution in [0.4, 0.5) is 13.2 Å². The Hall–Kier alpha value is -1.89. The Labute approximate surface area is 120 Å². The van der Waals surface area contributed by atoms with Crippen LogP contribution >= 0.6 is 0 Å². The van der Waals surface area contributed by atoms with Crippen LogP contribution in [0.1, 0.15) is 30.3 Å². The standard InChI is InChI=1S/C14H17F3N4/c15-14(16,17)9-12(11-5-2-1-3-6-11)18-8-4-7-13-19-10-20-21-13/h1-3,5-6,10,12,18H,4,7-9H2,(H,19,20,21). The summed E-state index contributed by atoms with van der Waals surface area (Å²) in [5.41, 5.74) is 0.648. The Bertz CT molecular complexity index is 511. The number of hydrogen-bond acceptors (Lipinski definition) is 3. The van der Waals surface area contributed by atoms with Crippen LogP contribution in [0, 0.1) is 0 Å². The summed E-state index contributed by atoms with van der Waals surface area (Å²) in [7, 11) is 0. The molecule has 1 heterocycles. The molecule has 1 atom stereocenters. The number of nitrogens with one attached hydrogen (secondary N) is 2. The maximum atomic E-state index is 12.7. The average molecular weight is 298 g/mol. The maximum absolute atomic E-state index is 12.7. The molecule has 0 aliphatic heterocycles. The number of H-pyrrole nitrogens is 1. The number of aryl methyl sites for hydroxylation is 1. The minimum atomic E-state index is -4.20. The van der Waals surface area contributed by atoms with Gasteiger partial charge in [-0.1, -0.05) is 30.3 Å². The molecule has 0 saturated heterocycles. The van der Waals surface area contributed by atoms with Crippen LogP contribution in [-0.2, 0) is 6.42 Å². The molecule has 0 radical (unpaired) electrons. The summed E-state index contributed by atoms with van der Waals surface area (Å²) in [5.74, 6) is 0.740. The summed E-state index contributed by atoms with van der Waals surface area (Å²) in [5, 5.41) is 9.43. The van der Waals surface area contributed by atoms with Crippen molar-refractivity contribution < 1.29 is 13.2 Å². The van der Waals surface area contributed by atoms with Gasteiger partial charge >= 0.3 is 6.18 Å². The maximum Gasteiger partial charge on any atom is 0.390 e. The molecule has 114 valence electrons. The molecular weight excluding hydrogens is 281 g/mol. The molecular formula is C14H17F3N4. The Kier molecular flexibility index (Phi) is 5.32. The topological polar surface area (TPSA) is 53.6 Å². The zero-order chi connectivity index (χ0) is 15.1. The van der Waals surface area contributed by atoms with E-state index in [0.717, 1.165) is 5.82 Å². The van der Waals surface area contributed by atoms with Gasteiger partial charge in [-0.25, -0.2) is 4.98 Å². The van der Waals surface area contributed by atoms with Crippen molar-refractivity contribution in [3.05, 3.63) is 48.0 Å². The smallest absolute Gasteiger partial charge is 0.310 e. The lowest BCUT2D eigenvalue weighted by Gasteiger charge is -2.20. The van der Waals surface area contributed by atoms with E-state index < -0.39 is 18.6 Å². The first-order chi connectivity index (χ1) is 10.0. The van der Waals surface area contributed by atoms with Crippen LogP contribution in [0.25, 0.3) is 0 Å². The Morgan fingerprint density at radius 1 is 1.19 bits per heavy atom. The molecule has 1 aromatic carbocycles. The SMILES string of the molecule is FC(F)(F)CC(NCCCc1ncn[nH]1)c1ccccc1. The molecule has 0 spiro atoms. The second kappa shape index (κ2) is 7.21. The van der Waals surface area contributed by atoms with E-state index in [1.165, 1.54) is 6.33 Å². The van der Waals surface area contributed by atoms with Crippen molar-refractivity contribution in [3.63, 3.8) is 0 Å². The molecule has 0 saturated carbocycles. The summed E-state index contributed by atoms with van der Waals surface area (Å²) in [6, 6.07) is 7.97. The highest BCUT2D eigenvalue weighted by Gasteiger charge is 2.32. The van der Waals surface area contributed by atoms with Crippen LogP contribution in [0.5, 0.6) is 0 Å². The molecule has 2 N–H and O–H groups in total. The van der Waals surface area contributed by atoms with E-state index in [4.69, 9.17) is 0 Å². The number of aromatic nitrogens is 3. The first-order valence-corrected chi connectivity index (χ1v) is 6.74. The van der Waals surface area contributed by atoms with Crippen molar-refractivity contribution in [3.8, 4) is 0 Å². The van der Waals surface area contributed by atoms with Gasteiger partial charge in [-0.2, -0.15) is 18.3 Å². The molecule has 1 unspecified atom stereocenters. The van der Waals surface area contributed by atoms with Gasteiger partial charge in [-0.05, 0) is 18.5 Å². The van der Waals surface area contributed by atoms with Crippen LogP contribution < -0.4 is 5.32 Å². The number of rotatable bonds is 7. The quantitative estimate of drug-likeness (QED) is 0.773. The van der Waals surface area contributed by atoms with Crippen molar-refractivity contribution >= 4 is 0 Å². The zero-order valence-corrected chi connectivity index (χ0v) is 11.4. The summed E-state index contributed by atoms with van der Waals surface area (Å²) in [6.45, 7) is 0.482. The summed E-state index contributed by atoms with van der Waals surface area (Å²) >= 11 is 0. The molecule has 7 heteroatoms. The fourth-order valence-electron chi connectivity index (χ4n) is 2.11. The zero-order valence-electron chi connectivity index (χ0n) is 11.4.